The average molecular weight is 364 g/mol. The summed E-state index contributed by atoms with van der Waals surface area (Å²) in [6.07, 6.45) is 2.47. The van der Waals surface area contributed by atoms with E-state index in [-0.39, 0.29) is 23.8 Å². The molecule has 1 aliphatic carbocycles. The molecular formula is C20H20N4O3. The molecule has 1 aromatic carbocycles. The number of nitrogens with one attached hydrogen (secondary N) is 3. The Morgan fingerprint density at radius 2 is 2.07 bits per heavy atom. The van der Waals surface area contributed by atoms with Gasteiger partial charge in [0, 0.05) is 46.0 Å². The highest BCUT2D eigenvalue weighted by molar-refractivity contribution is 5.94. The molecule has 7 nitrogen and oxygen atoms in total. The van der Waals surface area contributed by atoms with Crippen molar-refractivity contribution in [1.29, 1.82) is 0 Å². The molecule has 3 aromatic rings. The number of rotatable bonds is 4. The lowest BCUT2D eigenvalue weighted by Gasteiger charge is -2.23. The molecule has 3 heterocycles. The van der Waals surface area contributed by atoms with Crippen LogP contribution in [0.3, 0.4) is 0 Å². The maximum absolute atomic E-state index is 12.8. The minimum atomic E-state index is -0.299. The van der Waals surface area contributed by atoms with Crippen molar-refractivity contribution < 1.29 is 9.53 Å². The highest BCUT2D eigenvalue weighted by Crippen LogP contribution is 2.47. The Kier molecular flexibility index (Phi) is 3.56. The standard InChI is InChI=1S/C20H20N4O3/c1-2-27-12-5-6-15-11(7-12)8-14(20(26)21-15)13-9-16(25)22-19-17(13)18(23-24-19)10-3-4-10/h5-8,10,13H,2-4,9H2,1H3,(H,21,26)(H2,22,23,24,25). The van der Waals surface area contributed by atoms with Crippen molar-refractivity contribution in [3.63, 3.8) is 0 Å². The number of ether oxygens (including phenoxy) is 1. The smallest absolute Gasteiger partial charge is 0.252 e. The topological polar surface area (TPSA) is 99.9 Å². The third kappa shape index (κ3) is 2.70. The van der Waals surface area contributed by atoms with Gasteiger partial charge in [0.25, 0.3) is 5.56 Å². The lowest BCUT2D eigenvalue weighted by atomic mass is 9.85. The van der Waals surface area contributed by atoms with Crippen LogP contribution in [-0.2, 0) is 4.79 Å². The number of H-pyrrole nitrogens is 2. The lowest BCUT2D eigenvalue weighted by Crippen LogP contribution is -2.27. The van der Waals surface area contributed by atoms with Gasteiger partial charge in [-0.25, -0.2) is 0 Å². The third-order valence-corrected chi connectivity index (χ3v) is 5.35. The van der Waals surface area contributed by atoms with E-state index in [1.165, 1.54) is 0 Å². The molecule has 27 heavy (non-hydrogen) atoms. The fraction of sp³-hybridized carbons (Fsp3) is 0.350. The van der Waals surface area contributed by atoms with E-state index in [0.717, 1.165) is 40.8 Å². The number of hydrogen-bond acceptors (Lipinski definition) is 4. The number of pyridine rings is 1. The van der Waals surface area contributed by atoms with Crippen LogP contribution in [0.15, 0.2) is 29.1 Å². The molecule has 0 saturated heterocycles. The quantitative estimate of drug-likeness (QED) is 0.662. The molecule has 2 aliphatic rings. The number of benzene rings is 1. The fourth-order valence-electron chi connectivity index (χ4n) is 3.95. The zero-order valence-electron chi connectivity index (χ0n) is 15.0. The van der Waals surface area contributed by atoms with Crippen LogP contribution < -0.4 is 15.6 Å². The van der Waals surface area contributed by atoms with E-state index in [9.17, 15) is 9.59 Å². The van der Waals surface area contributed by atoms with Crippen LogP contribution in [0.4, 0.5) is 5.82 Å². The second kappa shape index (κ2) is 5.97. The molecule has 1 fully saturated rings. The van der Waals surface area contributed by atoms with Crippen LogP contribution in [-0.4, -0.2) is 27.7 Å². The second-order valence-corrected chi connectivity index (χ2v) is 7.21. The Morgan fingerprint density at radius 3 is 2.85 bits per heavy atom. The summed E-state index contributed by atoms with van der Waals surface area (Å²) < 4.78 is 5.58. The Bertz CT molecular complexity index is 1110. The van der Waals surface area contributed by atoms with Crippen LogP contribution in [0.2, 0.25) is 0 Å². The molecule has 2 aromatic heterocycles. The number of amides is 1. The largest absolute Gasteiger partial charge is 0.494 e. The van der Waals surface area contributed by atoms with Gasteiger partial charge in [0.2, 0.25) is 5.91 Å². The number of fused-ring (bicyclic) bond motifs is 2. The fourth-order valence-corrected chi connectivity index (χ4v) is 3.95. The van der Waals surface area contributed by atoms with Gasteiger partial charge in [0.15, 0.2) is 5.82 Å². The van der Waals surface area contributed by atoms with Crippen LogP contribution >= 0.6 is 0 Å². The molecule has 138 valence electrons. The summed E-state index contributed by atoms with van der Waals surface area (Å²) in [5, 5.41) is 11.1. The molecule has 0 radical (unpaired) electrons. The lowest BCUT2D eigenvalue weighted by molar-refractivity contribution is -0.116. The monoisotopic (exact) mass is 364 g/mol. The van der Waals surface area contributed by atoms with E-state index >= 15 is 0 Å². The van der Waals surface area contributed by atoms with Gasteiger partial charge < -0.3 is 15.0 Å². The van der Waals surface area contributed by atoms with Gasteiger partial charge in [-0.1, -0.05) is 0 Å². The second-order valence-electron chi connectivity index (χ2n) is 7.21. The van der Waals surface area contributed by atoms with E-state index in [1.807, 2.05) is 31.2 Å². The first kappa shape index (κ1) is 16.1. The Balaban J connectivity index is 1.67. The van der Waals surface area contributed by atoms with Gasteiger partial charge in [0.05, 0.1) is 6.61 Å². The van der Waals surface area contributed by atoms with E-state index in [0.29, 0.717) is 23.9 Å². The van der Waals surface area contributed by atoms with Crippen LogP contribution in [0.5, 0.6) is 5.75 Å². The average Bonchev–Trinajstić information content (AvgIpc) is 3.41. The minimum absolute atomic E-state index is 0.121. The van der Waals surface area contributed by atoms with Gasteiger partial charge in [-0.05, 0) is 44.0 Å². The molecule has 5 rings (SSSR count). The zero-order chi connectivity index (χ0) is 18.5. The maximum Gasteiger partial charge on any atom is 0.252 e. The predicted octanol–water partition coefficient (Wildman–Crippen LogP) is 3.00. The highest BCUT2D eigenvalue weighted by Gasteiger charge is 2.38. The first-order valence-corrected chi connectivity index (χ1v) is 9.32. The normalized spacial score (nSPS) is 19.0. The summed E-state index contributed by atoms with van der Waals surface area (Å²) >= 11 is 0. The van der Waals surface area contributed by atoms with Crippen molar-refractivity contribution >= 4 is 22.6 Å². The molecule has 3 N–H and O–H groups in total. The van der Waals surface area contributed by atoms with Crippen molar-refractivity contribution in [2.45, 2.75) is 38.0 Å². The Hall–Kier alpha value is -3.09. The van der Waals surface area contributed by atoms with Crippen LogP contribution in [0.25, 0.3) is 10.9 Å². The molecule has 7 heteroatoms. The summed E-state index contributed by atoms with van der Waals surface area (Å²) in [5.41, 5.74) is 3.19. The summed E-state index contributed by atoms with van der Waals surface area (Å²) in [6, 6.07) is 7.49. The van der Waals surface area contributed by atoms with Gasteiger partial charge >= 0.3 is 0 Å². The molecular weight excluding hydrogens is 344 g/mol. The first-order valence-electron chi connectivity index (χ1n) is 9.32. The number of nitrogens with zero attached hydrogens (tertiary/aromatic N) is 1. The maximum atomic E-state index is 12.8. The van der Waals surface area contributed by atoms with Crippen LogP contribution in [0, 0.1) is 0 Å². The molecule has 0 bridgehead atoms. The minimum Gasteiger partial charge on any atom is -0.494 e. The SMILES string of the molecule is CCOc1ccc2[nH]c(=O)c(C3CC(=O)Nc4n[nH]c(C5CC5)c43)cc2c1. The first-order chi connectivity index (χ1) is 13.1. The number of hydrogen-bond donors (Lipinski definition) is 3. The molecule has 1 unspecified atom stereocenters. The molecule has 1 saturated carbocycles. The zero-order valence-corrected chi connectivity index (χ0v) is 15.0. The van der Waals surface area contributed by atoms with Crippen molar-refractivity contribution in [1.82, 2.24) is 15.2 Å². The van der Waals surface area contributed by atoms with Crippen molar-refractivity contribution in [3.8, 4) is 5.75 Å². The van der Waals surface area contributed by atoms with E-state index < -0.39 is 0 Å². The van der Waals surface area contributed by atoms with Crippen molar-refractivity contribution in [3.05, 3.63) is 51.4 Å². The van der Waals surface area contributed by atoms with E-state index in [4.69, 9.17) is 4.74 Å². The van der Waals surface area contributed by atoms with Gasteiger partial charge in [-0.2, -0.15) is 5.10 Å². The number of carbonyl (C=O) groups is 1. The summed E-state index contributed by atoms with van der Waals surface area (Å²) in [6.45, 7) is 2.51. The summed E-state index contributed by atoms with van der Waals surface area (Å²) in [5.74, 6) is 1.34. The van der Waals surface area contributed by atoms with Crippen molar-refractivity contribution in [2.75, 3.05) is 11.9 Å². The molecule has 1 aliphatic heterocycles. The van der Waals surface area contributed by atoms with Crippen LogP contribution in [0.1, 0.15) is 54.8 Å². The molecule has 0 spiro atoms. The number of carbonyl (C=O) groups excluding carboxylic acids is 1. The number of anilines is 1. The van der Waals surface area contributed by atoms with E-state index in [2.05, 4.69) is 20.5 Å². The van der Waals surface area contributed by atoms with Gasteiger partial charge in [-0.3, -0.25) is 14.7 Å². The molecule has 1 amide bonds. The third-order valence-electron chi connectivity index (χ3n) is 5.35. The molecule has 1 atom stereocenters. The van der Waals surface area contributed by atoms with E-state index in [1.54, 1.807) is 0 Å². The number of aromatic amines is 2. The summed E-state index contributed by atoms with van der Waals surface area (Å²) in [4.78, 5) is 28.0. The predicted molar refractivity (Wildman–Crippen MR) is 101 cm³/mol. The van der Waals surface area contributed by atoms with Gasteiger partial charge in [0.1, 0.15) is 5.75 Å². The summed E-state index contributed by atoms with van der Waals surface area (Å²) in [7, 11) is 0. The Labute approximate surface area is 155 Å². The number of aromatic nitrogens is 3. The Morgan fingerprint density at radius 1 is 1.22 bits per heavy atom. The van der Waals surface area contributed by atoms with Crippen molar-refractivity contribution in [2.24, 2.45) is 0 Å². The highest BCUT2D eigenvalue weighted by atomic mass is 16.5. The van der Waals surface area contributed by atoms with Gasteiger partial charge in [-0.15, -0.1) is 0 Å².